The zero-order valence-electron chi connectivity index (χ0n) is 17.2. The van der Waals surface area contributed by atoms with E-state index < -0.39 is 0 Å². The van der Waals surface area contributed by atoms with E-state index in [1.165, 1.54) is 12.8 Å². The molecule has 0 aliphatic carbocycles. The Kier molecular flexibility index (Phi) is 5.60. The van der Waals surface area contributed by atoms with Crippen LogP contribution in [0.4, 0.5) is 4.79 Å². The summed E-state index contributed by atoms with van der Waals surface area (Å²) in [7, 11) is 0. The molecule has 2 aromatic heterocycles. The van der Waals surface area contributed by atoms with Gasteiger partial charge in [-0.3, -0.25) is 4.79 Å². The molecule has 8 nitrogen and oxygen atoms in total. The van der Waals surface area contributed by atoms with Crippen LogP contribution in [0.2, 0.25) is 0 Å². The molecule has 1 fully saturated rings. The lowest BCUT2D eigenvalue weighted by Crippen LogP contribution is -2.49. The molecule has 0 radical (unpaired) electrons. The molecule has 0 atom stereocenters. The van der Waals surface area contributed by atoms with Gasteiger partial charge in [-0.05, 0) is 45.6 Å². The van der Waals surface area contributed by atoms with Crippen molar-refractivity contribution in [1.82, 2.24) is 25.1 Å². The maximum atomic E-state index is 12.5. The fourth-order valence-corrected chi connectivity index (χ4v) is 4.24. The average molecular weight is 399 g/mol. The largest absolute Gasteiger partial charge is 0.466 e. The van der Waals surface area contributed by atoms with Crippen LogP contribution in [-0.2, 0) is 19.5 Å². The molecule has 0 spiro atoms. The minimum atomic E-state index is -0.104. The van der Waals surface area contributed by atoms with E-state index in [0.717, 1.165) is 43.1 Å². The number of fused-ring (bicyclic) bond motifs is 1. The number of aromatic nitrogens is 2. The van der Waals surface area contributed by atoms with Crippen LogP contribution >= 0.6 is 0 Å². The van der Waals surface area contributed by atoms with Gasteiger partial charge in [0.25, 0.3) is 5.91 Å². The molecule has 2 aliphatic rings. The number of carbonyl (C=O) groups excluding carboxylic acids is 2. The van der Waals surface area contributed by atoms with Gasteiger partial charge in [0.15, 0.2) is 0 Å². The van der Waals surface area contributed by atoms with Gasteiger partial charge in [0.1, 0.15) is 17.3 Å². The predicted octanol–water partition coefficient (Wildman–Crippen LogP) is 2.53. The van der Waals surface area contributed by atoms with Crippen LogP contribution in [0.15, 0.2) is 16.7 Å². The molecule has 4 rings (SSSR count). The summed E-state index contributed by atoms with van der Waals surface area (Å²) in [6.45, 7) is 6.38. The predicted molar refractivity (Wildman–Crippen MR) is 108 cm³/mol. The summed E-state index contributed by atoms with van der Waals surface area (Å²) in [4.78, 5) is 31.3. The third kappa shape index (κ3) is 4.31. The van der Waals surface area contributed by atoms with E-state index in [1.807, 2.05) is 18.0 Å². The third-order valence-corrected chi connectivity index (χ3v) is 5.88. The lowest BCUT2D eigenvalue weighted by Gasteiger charge is -2.32. The number of imidazole rings is 1. The highest BCUT2D eigenvalue weighted by Gasteiger charge is 2.25. The van der Waals surface area contributed by atoms with Gasteiger partial charge in [-0.25, -0.2) is 9.78 Å². The topological polar surface area (TPSA) is 92.4 Å². The molecule has 1 saturated heterocycles. The number of nitrogens with zero attached hydrogens (tertiary/aromatic N) is 3. The summed E-state index contributed by atoms with van der Waals surface area (Å²) < 4.78 is 7.66. The molecule has 0 bridgehead atoms. The summed E-state index contributed by atoms with van der Waals surface area (Å²) >= 11 is 0. The third-order valence-electron chi connectivity index (χ3n) is 5.88. The van der Waals surface area contributed by atoms with Crippen molar-refractivity contribution in [3.8, 4) is 0 Å². The van der Waals surface area contributed by atoms with Crippen molar-refractivity contribution in [2.75, 3.05) is 13.1 Å². The minimum absolute atomic E-state index is 0.0533. The molecular weight excluding hydrogens is 370 g/mol. The van der Waals surface area contributed by atoms with Gasteiger partial charge in [-0.2, -0.15) is 0 Å². The fraction of sp³-hybridized carbons (Fsp3) is 0.571. The van der Waals surface area contributed by atoms with E-state index in [2.05, 4.69) is 20.2 Å². The number of rotatable bonds is 4. The van der Waals surface area contributed by atoms with E-state index in [1.54, 1.807) is 13.0 Å². The molecule has 0 unspecified atom stereocenters. The second-order valence-corrected chi connectivity index (χ2v) is 7.99. The van der Waals surface area contributed by atoms with Gasteiger partial charge in [0.05, 0.1) is 24.0 Å². The number of piperidine rings is 1. The highest BCUT2D eigenvalue weighted by Crippen LogP contribution is 2.17. The average Bonchev–Trinajstić information content (AvgIpc) is 3.29. The van der Waals surface area contributed by atoms with Gasteiger partial charge in [0, 0.05) is 32.1 Å². The molecular formula is C21H29N5O3. The lowest BCUT2D eigenvalue weighted by atomic mass is 10.0. The standard InChI is InChI=1S/C21H29N5O3/c1-14-11-18(15(2)29-14)20(27)24-16-6-9-25(10-7-16)21(28)23-13-17-12-22-19-5-3-4-8-26(17)19/h11-12,16H,3-10,13H2,1-2H3,(H,23,28)(H,24,27). The van der Waals surface area contributed by atoms with Crippen molar-refractivity contribution in [2.45, 2.75) is 65.1 Å². The summed E-state index contributed by atoms with van der Waals surface area (Å²) in [6.07, 6.45) is 6.75. The summed E-state index contributed by atoms with van der Waals surface area (Å²) in [5.41, 5.74) is 1.66. The minimum Gasteiger partial charge on any atom is -0.466 e. The van der Waals surface area contributed by atoms with E-state index in [0.29, 0.717) is 31.0 Å². The first-order valence-electron chi connectivity index (χ1n) is 10.4. The van der Waals surface area contributed by atoms with E-state index in [9.17, 15) is 9.59 Å². The number of nitrogens with one attached hydrogen (secondary N) is 2. The SMILES string of the molecule is Cc1cc(C(=O)NC2CCN(C(=O)NCc3cnc4n3CCCC4)CC2)c(C)o1. The Hall–Kier alpha value is -2.77. The van der Waals surface area contributed by atoms with Crippen LogP contribution in [0.5, 0.6) is 0 Å². The van der Waals surface area contributed by atoms with Crippen LogP contribution in [0, 0.1) is 13.8 Å². The number of aryl methyl sites for hydroxylation is 3. The van der Waals surface area contributed by atoms with Gasteiger partial charge in [0.2, 0.25) is 0 Å². The fourth-order valence-electron chi connectivity index (χ4n) is 4.24. The highest BCUT2D eigenvalue weighted by atomic mass is 16.3. The lowest BCUT2D eigenvalue weighted by molar-refractivity contribution is 0.0916. The Labute approximate surface area is 170 Å². The molecule has 2 aromatic rings. The number of hydrogen-bond acceptors (Lipinski definition) is 4. The second-order valence-electron chi connectivity index (χ2n) is 7.99. The molecule has 2 N–H and O–H groups in total. The van der Waals surface area contributed by atoms with Gasteiger partial charge >= 0.3 is 6.03 Å². The Balaban J connectivity index is 1.24. The first kappa shape index (κ1) is 19.5. The Morgan fingerprint density at radius 1 is 1.21 bits per heavy atom. The summed E-state index contributed by atoms with van der Waals surface area (Å²) in [6, 6.07) is 1.79. The number of urea groups is 1. The molecule has 156 valence electrons. The van der Waals surface area contributed by atoms with E-state index in [-0.39, 0.29) is 18.0 Å². The van der Waals surface area contributed by atoms with Gasteiger partial charge in [-0.1, -0.05) is 0 Å². The van der Waals surface area contributed by atoms with E-state index in [4.69, 9.17) is 4.42 Å². The summed E-state index contributed by atoms with van der Waals surface area (Å²) in [5.74, 6) is 2.39. The zero-order valence-corrected chi connectivity index (χ0v) is 17.2. The van der Waals surface area contributed by atoms with Crippen molar-refractivity contribution in [3.05, 3.63) is 40.9 Å². The van der Waals surface area contributed by atoms with Gasteiger partial charge in [-0.15, -0.1) is 0 Å². The smallest absolute Gasteiger partial charge is 0.317 e. The van der Waals surface area contributed by atoms with Crippen LogP contribution < -0.4 is 10.6 Å². The van der Waals surface area contributed by atoms with Gasteiger partial charge < -0.3 is 24.5 Å². The Morgan fingerprint density at radius 2 is 2.00 bits per heavy atom. The van der Waals surface area contributed by atoms with Crippen LogP contribution in [-0.4, -0.2) is 45.5 Å². The maximum Gasteiger partial charge on any atom is 0.317 e. The van der Waals surface area contributed by atoms with Crippen molar-refractivity contribution < 1.29 is 14.0 Å². The van der Waals surface area contributed by atoms with Crippen LogP contribution in [0.25, 0.3) is 0 Å². The second kappa shape index (κ2) is 8.31. The Bertz CT molecular complexity index is 892. The zero-order chi connectivity index (χ0) is 20.4. The molecule has 8 heteroatoms. The summed E-state index contributed by atoms with van der Waals surface area (Å²) in [5, 5.41) is 6.09. The quantitative estimate of drug-likeness (QED) is 0.826. The van der Waals surface area contributed by atoms with Crippen LogP contribution in [0.3, 0.4) is 0 Å². The normalized spacial score (nSPS) is 17.1. The molecule has 29 heavy (non-hydrogen) atoms. The van der Waals surface area contributed by atoms with E-state index >= 15 is 0 Å². The number of amides is 3. The first-order chi connectivity index (χ1) is 14.0. The molecule has 2 aliphatic heterocycles. The molecule has 0 saturated carbocycles. The monoisotopic (exact) mass is 399 g/mol. The van der Waals surface area contributed by atoms with Crippen molar-refractivity contribution >= 4 is 11.9 Å². The highest BCUT2D eigenvalue weighted by molar-refractivity contribution is 5.95. The number of furan rings is 1. The number of likely N-dealkylation sites (tertiary alicyclic amines) is 1. The van der Waals surface area contributed by atoms with Crippen molar-refractivity contribution in [3.63, 3.8) is 0 Å². The van der Waals surface area contributed by atoms with Crippen molar-refractivity contribution in [2.24, 2.45) is 0 Å². The molecule has 4 heterocycles. The molecule has 0 aromatic carbocycles. The van der Waals surface area contributed by atoms with Crippen molar-refractivity contribution in [1.29, 1.82) is 0 Å². The van der Waals surface area contributed by atoms with Crippen LogP contribution in [0.1, 0.15) is 59.1 Å². The molecule has 3 amide bonds. The number of hydrogen-bond donors (Lipinski definition) is 2. The number of carbonyl (C=O) groups is 2. The Morgan fingerprint density at radius 3 is 2.72 bits per heavy atom. The maximum absolute atomic E-state index is 12.5. The first-order valence-corrected chi connectivity index (χ1v) is 10.4.